The Hall–Kier alpha value is -2.48. The van der Waals surface area contributed by atoms with Crippen molar-refractivity contribution >= 4 is 11.9 Å². The summed E-state index contributed by atoms with van der Waals surface area (Å²) in [6, 6.07) is 0. The third-order valence-electron chi connectivity index (χ3n) is 6.80. The molecule has 0 aromatic heterocycles. The van der Waals surface area contributed by atoms with Crippen molar-refractivity contribution in [3.05, 3.63) is 24.3 Å². The number of esters is 2. The highest BCUT2D eigenvalue weighted by Crippen LogP contribution is 2.55. The summed E-state index contributed by atoms with van der Waals surface area (Å²) < 4.78 is 163. The molecule has 2 fully saturated rings. The largest absolute Gasteiger partial charge is 0.452 e. The van der Waals surface area contributed by atoms with Gasteiger partial charge in [0.15, 0.2) is 23.8 Å². The summed E-state index contributed by atoms with van der Waals surface area (Å²) in [4.78, 5) is 22.9. The zero-order chi connectivity index (χ0) is 35.8. The third kappa shape index (κ3) is 8.28. The van der Waals surface area contributed by atoms with Crippen molar-refractivity contribution in [1.82, 2.24) is 0 Å². The number of methoxy groups -OCH3 is 1. The third-order valence-corrected chi connectivity index (χ3v) is 6.80. The maximum absolute atomic E-state index is 14.5. The Morgan fingerprint density at radius 2 is 1.13 bits per heavy atom. The lowest BCUT2D eigenvalue weighted by atomic mass is 9.84. The van der Waals surface area contributed by atoms with Gasteiger partial charge in [-0.05, 0) is 41.5 Å². The molecule has 2 aliphatic heterocycles. The molecule has 0 aromatic rings. The second-order valence-corrected chi connectivity index (χ2v) is 11.1. The van der Waals surface area contributed by atoms with Crippen molar-refractivity contribution in [3.8, 4) is 0 Å². The van der Waals surface area contributed by atoms with Crippen molar-refractivity contribution in [3.63, 3.8) is 0 Å². The van der Waals surface area contributed by atoms with Crippen LogP contribution in [0.3, 0.4) is 0 Å². The first-order valence-electron chi connectivity index (χ1n) is 12.7. The zero-order valence-corrected chi connectivity index (χ0v) is 25.2. The molecule has 19 heteroatoms. The minimum absolute atomic E-state index is 0.0994. The number of alkyl halides is 10. The summed E-state index contributed by atoms with van der Waals surface area (Å²) in [5, 5.41) is 9.66. The molecular weight excluding hydrogens is 646 g/mol. The molecule has 0 aromatic carbocycles. The maximum atomic E-state index is 14.5. The highest BCUT2D eigenvalue weighted by atomic mass is 19.4. The van der Waals surface area contributed by atoms with Crippen molar-refractivity contribution in [2.45, 2.75) is 114 Å². The molecule has 0 saturated carbocycles. The Morgan fingerprint density at radius 1 is 0.778 bits per heavy atom. The van der Waals surface area contributed by atoms with E-state index in [9.17, 15) is 58.6 Å². The van der Waals surface area contributed by atoms with E-state index >= 15 is 0 Å². The molecular formula is C26H34F10O9. The summed E-state index contributed by atoms with van der Waals surface area (Å²) in [5.74, 6) is -16.3. The molecule has 0 spiro atoms. The van der Waals surface area contributed by atoms with Crippen LogP contribution in [0.25, 0.3) is 0 Å². The quantitative estimate of drug-likeness (QED) is 0.156. The van der Waals surface area contributed by atoms with Gasteiger partial charge in [-0.3, -0.25) is 0 Å². The van der Waals surface area contributed by atoms with Crippen LogP contribution in [0.2, 0.25) is 0 Å². The van der Waals surface area contributed by atoms with Crippen molar-refractivity contribution in [1.29, 1.82) is 0 Å². The van der Waals surface area contributed by atoms with Crippen LogP contribution in [0.15, 0.2) is 24.3 Å². The second kappa shape index (κ2) is 13.0. The molecule has 2 saturated heterocycles. The molecule has 6 atom stereocenters. The van der Waals surface area contributed by atoms with Crippen LogP contribution in [-0.4, -0.2) is 90.1 Å². The predicted molar refractivity (Wildman–Crippen MR) is 132 cm³/mol. The van der Waals surface area contributed by atoms with Crippen LogP contribution in [0, 0.1) is 0 Å². The Labute approximate surface area is 251 Å². The van der Waals surface area contributed by atoms with E-state index in [4.69, 9.17) is 4.74 Å². The molecule has 6 unspecified atom stereocenters. The van der Waals surface area contributed by atoms with Crippen LogP contribution in [0.5, 0.6) is 0 Å². The van der Waals surface area contributed by atoms with Gasteiger partial charge in [-0.1, -0.05) is 13.2 Å². The van der Waals surface area contributed by atoms with E-state index in [1.165, 1.54) is 14.0 Å². The van der Waals surface area contributed by atoms with E-state index in [2.05, 4.69) is 36.8 Å². The molecule has 9 nitrogen and oxygen atoms in total. The van der Waals surface area contributed by atoms with Crippen LogP contribution in [-0.2, 0) is 38.0 Å². The number of hydrogen-bond donors (Lipinski definition) is 1. The number of carbonyl (C=O) groups is 2. The van der Waals surface area contributed by atoms with Gasteiger partial charge in [0.05, 0.1) is 0 Å². The second-order valence-electron chi connectivity index (χ2n) is 11.1. The molecule has 262 valence electrons. The highest BCUT2D eigenvalue weighted by Gasteiger charge is 2.77. The first-order valence-corrected chi connectivity index (χ1v) is 12.7. The smallest absolute Gasteiger partial charge is 0.423 e. The van der Waals surface area contributed by atoms with Crippen LogP contribution in [0.1, 0.15) is 54.4 Å². The Kier molecular flexibility index (Phi) is 11.7. The van der Waals surface area contributed by atoms with Gasteiger partial charge >= 0.3 is 36.1 Å². The predicted octanol–water partition coefficient (Wildman–Crippen LogP) is 5.75. The van der Waals surface area contributed by atoms with E-state index in [1.54, 1.807) is 0 Å². The topological polar surface area (TPSA) is 110 Å². The number of hydrogen-bond acceptors (Lipinski definition) is 9. The number of rotatable bonds is 7. The van der Waals surface area contributed by atoms with Crippen LogP contribution in [0.4, 0.5) is 43.9 Å². The van der Waals surface area contributed by atoms with Crippen LogP contribution >= 0.6 is 0 Å². The molecule has 2 aliphatic rings. The monoisotopic (exact) mass is 680 g/mol. The van der Waals surface area contributed by atoms with E-state index < -0.39 is 90.8 Å². The van der Waals surface area contributed by atoms with E-state index in [0.29, 0.717) is 0 Å². The highest BCUT2D eigenvalue weighted by molar-refractivity contribution is 5.87. The number of halogens is 10. The van der Waals surface area contributed by atoms with Crippen molar-refractivity contribution in [2.75, 3.05) is 13.9 Å². The maximum Gasteiger partial charge on any atom is 0.423 e. The van der Waals surface area contributed by atoms with Gasteiger partial charge in [-0.25, -0.2) is 9.59 Å². The van der Waals surface area contributed by atoms with Gasteiger partial charge in [0.25, 0.3) is 0 Å². The lowest BCUT2D eigenvalue weighted by molar-refractivity contribution is -0.446. The summed E-state index contributed by atoms with van der Waals surface area (Å²) in [6.07, 6.45) is -17.7. The standard InChI is InChI=1S/C14H19F5O5.C12H15F5O4/c1-8(2)10(20)23-9-6-11(3,22-7-21-5)24-12(4,13(9,15)16)14(17,18)19;1-6(2)8(18)20-7-5-9(3,19)21-10(4,11(7,13)14)12(15,16)17/h9H,1,6-7H2,2-5H3;7,19H,1,5H2,2-4H3. The number of carbonyl (C=O) groups excluding carboxylic acids is 2. The Morgan fingerprint density at radius 3 is 1.47 bits per heavy atom. The SMILES string of the molecule is C=C(C)C(=O)OC1CC(C)(O)OC(C)(C(F)(F)F)C1(F)F.C=C(C)C(=O)OC1CC(C)(OCOC)OC(C)(C(F)(F)F)C1(F)F. The molecule has 0 radical (unpaired) electrons. The zero-order valence-electron chi connectivity index (χ0n) is 25.2. The normalized spacial score (nSPS) is 34.5. The summed E-state index contributed by atoms with van der Waals surface area (Å²) in [7, 11) is 1.20. The van der Waals surface area contributed by atoms with Gasteiger partial charge in [0, 0.05) is 31.1 Å². The summed E-state index contributed by atoms with van der Waals surface area (Å²) >= 11 is 0. The average molecular weight is 681 g/mol. The molecule has 2 heterocycles. The molecule has 0 aliphatic carbocycles. The minimum Gasteiger partial charge on any atom is -0.452 e. The summed E-state index contributed by atoms with van der Waals surface area (Å²) in [5.41, 5.74) is -8.42. The number of aliphatic hydroxyl groups is 1. The number of ether oxygens (including phenoxy) is 6. The van der Waals surface area contributed by atoms with Gasteiger partial charge in [-0.2, -0.15) is 43.9 Å². The fourth-order valence-corrected chi connectivity index (χ4v) is 4.10. The van der Waals surface area contributed by atoms with Gasteiger partial charge < -0.3 is 33.5 Å². The summed E-state index contributed by atoms with van der Waals surface area (Å²) in [6.45, 7) is 10.3. The fraction of sp³-hybridized carbons (Fsp3) is 0.769. The van der Waals surface area contributed by atoms with E-state index in [1.807, 2.05) is 0 Å². The van der Waals surface area contributed by atoms with Crippen molar-refractivity contribution in [2.24, 2.45) is 0 Å². The Balaban J connectivity index is 0.000000454. The van der Waals surface area contributed by atoms with E-state index in [0.717, 1.165) is 20.8 Å². The van der Waals surface area contributed by atoms with Gasteiger partial charge in [0.1, 0.15) is 6.79 Å². The van der Waals surface area contributed by atoms with Crippen LogP contribution < -0.4 is 0 Å². The molecule has 2 rings (SSSR count). The fourth-order valence-electron chi connectivity index (χ4n) is 4.10. The minimum atomic E-state index is -5.49. The first-order chi connectivity index (χ1) is 19.8. The molecule has 45 heavy (non-hydrogen) atoms. The van der Waals surface area contributed by atoms with Gasteiger partial charge in [0.2, 0.25) is 11.2 Å². The lowest BCUT2D eigenvalue weighted by Gasteiger charge is -2.51. The van der Waals surface area contributed by atoms with E-state index in [-0.39, 0.29) is 25.0 Å². The van der Waals surface area contributed by atoms with Gasteiger partial charge in [-0.15, -0.1) is 0 Å². The molecule has 1 N–H and O–H groups in total. The molecule has 0 amide bonds. The lowest BCUT2D eigenvalue weighted by Crippen LogP contribution is -2.71. The van der Waals surface area contributed by atoms with Crippen molar-refractivity contribution < 1.29 is 87.0 Å². The Bertz CT molecular complexity index is 1140. The molecule has 0 bridgehead atoms. The first kappa shape index (κ1) is 40.5. The average Bonchev–Trinajstić information content (AvgIpc) is 2.83.